The molecule has 94 valence electrons. The first-order valence-electron chi connectivity index (χ1n) is 4.48. The Morgan fingerprint density at radius 2 is 2.00 bits per heavy atom. The van der Waals surface area contributed by atoms with Crippen LogP contribution < -0.4 is 0 Å². The molecule has 3 nitrogen and oxygen atoms in total. The van der Waals surface area contributed by atoms with Crippen LogP contribution in [-0.4, -0.2) is 16.2 Å². The van der Waals surface area contributed by atoms with E-state index in [1.807, 2.05) is 0 Å². The number of aliphatic carboxylic acids is 1. The SMILES string of the molecule is O=C(O)C[C@@H](O)c1ccc(Cl)cc1C(F)(F)F. The molecule has 0 aliphatic carbocycles. The van der Waals surface area contributed by atoms with Gasteiger partial charge in [-0.15, -0.1) is 0 Å². The fourth-order valence-electron chi connectivity index (χ4n) is 1.34. The van der Waals surface area contributed by atoms with Crippen molar-refractivity contribution in [2.45, 2.75) is 18.7 Å². The summed E-state index contributed by atoms with van der Waals surface area (Å²) in [7, 11) is 0. The van der Waals surface area contributed by atoms with Gasteiger partial charge in [-0.1, -0.05) is 17.7 Å². The van der Waals surface area contributed by atoms with Crippen molar-refractivity contribution in [2.24, 2.45) is 0 Å². The van der Waals surface area contributed by atoms with Gasteiger partial charge in [-0.25, -0.2) is 0 Å². The molecule has 0 aliphatic heterocycles. The summed E-state index contributed by atoms with van der Waals surface area (Å²) < 4.78 is 37.8. The second-order valence-electron chi connectivity index (χ2n) is 3.34. The third kappa shape index (κ3) is 3.61. The molecule has 0 bridgehead atoms. The highest BCUT2D eigenvalue weighted by Crippen LogP contribution is 2.36. The number of aliphatic hydroxyl groups is 1. The number of hydrogen-bond donors (Lipinski definition) is 2. The first-order valence-corrected chi connectivity index (χ1v) is 4.86. The summed E-state index contributed by atoms with van der Waals surface area (Å²) in [5.74, 6) is -1.39. The minimum atomic E-state index is -4.69. The lowest BCUT2D eigenvalue weighted by Crippen LogP contribution is -2.14. The number of alkyl halides is 3. The Morgan fingerprint density at radius 3 is 2.47 bits per heavy atom. The minimum Gasteiger partial charge on any atom is -0.481 e. The monoisotopic (exact) mass is 268 g/mol. The van der Waals surface area contributed by atoms with E-state index in [2.05, 4.69) is 0 Å². The van der Waals surface area contributed by atoms with E-state index in [9.17, 15) is 23.1 Å². The van der Waals surface area contributed by atoms with Gasteiger partial charge < -0.3 is 10.2 Å². The molecular formula is C10H8ClF3O3. The van der Waals surface area contributed by atoms with Crippen LogP contribution in [0.5, 0.6) is 0 Å². The highest BCUT2D eigenvalue weighted by Gasteiger charge is 2.35. The van der Waals surface area contributed by atoms with Crippen molar-refractivity contribution < 1.29 is 28.2 Å². The topological polar surface area (TPSA) is 57.5 Å². The standard InChI is InChI=1S/C10H8ClF3O3/c11-5-1-2-6(8(15)4-9(16)17)7(3-5)10(12,13)14/h1-3,8,15H,4H2,(H,16,17)/t8-/m1/s1. The zero-order valence-corrected chi connectivity index (χ0v) is 9.09. The third-order valence-corrected chi connectivity index (χ3v) is 2.28. The second-order valence-corrected chi connectivity index (χ2v) is 3.78. The lowest BCUT2D eigenvalue weighted by atomic mass is 10.00. The van der Waals surface area contributed by atoms with Crippen LogP contribution in [0.25, 0.3) is 0 Å². The molecule has 1 aromatic rings. The Bertz CT molecular complexity index is 431. The number of carboxylic acid groups (broad SMARTS) is 1. The highest BCUT2D eigenvalue weighted by molar-refractivity contribution is 6.30. The molecule has 0 heterocycles. The summed E-state index contributed by atoms with van der Waals surface area (Å²) in [5.41, 5.74) is -1.62. The van der Waals surface area contributed by atoms with E-state index >= 15 is 0 Å². The highest BCUT2D eigenvalue weighted by atomic mass is 35.5. The van der Waals surface area contributed by atoms with E-state index in [0.29, 0.717) is 6.07 Å². The van der Waals surface area contributed by atoms with E-state index in [1.165, 1.54) is 0 Å². The van der Waals surface area contributed by atoms with Crippen LogP contribution in [0.1, 0.15) is 23.7 Å². The van der Waals surface area contributed by atoms with Crippen LogP contribution in [0.2, 0.25) is 5.02 Å². The summed E-state index contributed by atoms with van der Waals surface area (Å²) in [6, 6.07) is 2.79. The smallest absolute Gasteiger partial charge is 0.416 e. The molecule has 1 atom stereocenters. The molecular weight excluding hydrogens is 261 g/mol. The van der Waals surface area contributed by atoms with Gasteiger partial charge in [0.05, 0.1) is 18.1 Å². The molecule has 17 heavy (non-hydrogen) atoms. The fourth-order valence-corrected chi connectivity index (χ4v) is 1.51. The second kappa shape index (κ2) is 4.93. The average Bonchev–Trinajstić information content (AvgIpc) is 2.14. The summed E-state index contributed by atoms with van der Waals surface area (Å²) in [6.07, 6.45) is -7.22. The maximum atomic E-state index is 12.6. The number of hydrogen-bond acceptors (Lipinski definition) is 2. The van der Waals surface area contributed by atoms with Crippen LogP contribution in [0.4, 0.5) is 13.2 Å². The molecule has 0 spiro atoms. The maximum absolute atomic E-state index is 12.6. The molecule has 0 amide bonds. The molecule has 0 saturated carbocycles. The molecule has 1 rings (SSSR count). The molecule has 0 aromatic heterocycles. The molecule has 2 N–H and O–H groups in total. The van der Waals surface area contributed by atoms with Crippen molar-refractivity contribution in [3.8, 4) is 0 Å². The largest absolute Gasteiger partial charge is 0.481 e. The number of carbonyl (C=O) groups is 1. The molecule has 0 fully saturated rings. The Balaban J connectivity index is 3.19. The lowest BCUT2D eigenvalue weighted by molar-refractivity contribution is -0.143. The summed E-state index contributed by atoms with van der Waals surface area (Å²) in [6.45, 7) is 0. The van der Waals surface area contributed by atoms with Gasteiger partial charge in [0.2, 0.25) is 0 Å². The number of aliphatic hydroxyl groups excluding tert-OH is 1. The van der Waals surface area contributed by atoms with E-state index in [1.54, 1.807) is 0 Å². The van der Waals surface area contributed by atoms with Gasteiger partial charge in [-0.05, 0) is 17.7 Å². The molecule has 7 heteroatoms. The van der Waals surface area contributed by atoms with Gasteiger partial charge in [0.1, 0.15) is 0 Å². The molecule has 0 aliphatic rings. The van der Waals surface area contributed by atoms with Gasteiger partial charge >= 0.3 is 12.1 Å². The summed E-state index contributed by atoms with van der Waals surface area (Å²) in [4.78, 5) is 10.3. The predicted octanol–water partition coefficient (Wildman–Crippen LogP) is 2.87. The van der Waals surface area contributed by atoms with Gasteiger partial charge in [0, 0.05) is 5.02 Å². The van der Waals surface area contributed by atoms with Crippen LogP contribution in [0.15, 0.2) is 18.2 Å². The summed E-state index contributed by atoms with van der Waals surface area (Å²) >= 11 is 5.44. The first kappa shape index (κ1) is 13.8. The van der Waals surface area contributed by atoms with E-state index in [-0.39, 0.29) is 5.02 Å². The molecule has 1 aromatic carbocycles. The van der Waals surface area contributed by atoms with Crippen LogP contribution in [0, 0.1) is 0 Å². The van der Waals surface area contributed by atoms with Crippen molar-refractivity contribution in [1.29, 1.82) is 0 Å². The maximum Gasteiger partial charge on any atom is 0.416 e. The zero-order valence-electron chi connectivity index (χ0n) is 8.33. The van der Waals surface area contributed by atoms with Gasteiger partial charge in [0.25, 0.3) is 0 Å². The zero-order chi connectivity index (χ0) is 13.2. The van der Waals surface area contributed by atoms with Gasteiger partial charge in [-0.2, -0.15) is 13.2 Å². The van der Waals surface area contributed by atoms with Crippen molar-refractivity contribution >= 4 is 17.6 Å². The Morgan fingerprint density at radius 1 is 1.41 bits per heavy atom. The van der Waals surface area contributed by atoms with Crippen LogP contribution >= 0.6 is 11.6 Å². The molecule has 0 unspecified atom stereocenters. The Kier molecular flexibility index (Phi) is 4.00. The number of rotatable bonds is 3. The van der Waals surface area contributed by atoms with E-state index in [0.717, 1.165) is 12.1 Å². The Hall–Kier alpha value is -1.27. The predicted molar refractivity (Wildman–Crippen MR) is 53.7 cm³/mol. The van der Waals surface area contributed by atoms with E-state index < -0.39 is 35.8 Å². The van der Waals surface area contributed by atoms with Crippen LogP contribution in [-0.2, 0) is 11.0 Å². The van der Waals surface area contributed by atoms with Crippen molar-refractivity contribution in [3.63, 3.8) is 0 Å². The molecule has 0 radical (unpaired) electrons. The van der Waals surface area contributed by atoms with Gasteiger partial charge in [0.15, 0.2) is 0 Å². The fraction of sp³-hybridized carbons (Fsp3) is 0.300. The quantitative estimate of drug-likeness (QED) is 0.886. The lowest BCUT2D eigenvalue weighted by Gasteiger charge is -2.16. The molecule has 0 saturated heterocycles. The van der Waals surface area contributed by atoms with Crippen molar-refractivity contribution in [1.82, 2.24) is 0 Å². The normalized spacial score (nSPS) is 13.5. The van der Waals surface area contributed by atoms with Crippen molar-refractivity contribution in [2.75, 3.05) is 0 Å². The number of carboxylic acids is 1. The van der Waals surface area contributed by atoms with Crippen LogP contribution in [0.3, 0.4) is 0 Å². The third-order valence-electron chi connectivity index (χ3n) is 2.05. The number of halogens is 4. The van der Waals surface area contributed by atoms with Gasteiger partial charge in [-0.3, -0.25) is 4.79 Å². The number of benzene rings is 1. The average molecular weight is 269 g/mol. The van der Waals surface area contributed by atoms with E-state index in [4.69, 9.17) is 16.7 Å². The van der Waals surface area contributed by atoms with Crippen molar-refractivity contribution in [3.05, 3.63) is 34.3 Å². The Labute approximate surface area is 99.4 Å². The first-order chi connectivity index (χ1) is 7.71. The minimum absolute atomic E-state index is 0.136. The summed E-state index contributed by atoms with van der Waals surface area (Å²) in [5, 5.41) is 17.7.